The van der Waals surface area contributed by atoms with Crippen LogP contribution in [0.1, 0.15) is 37.0 Å². The smallest absolute Gasteiger partial charge is 0.303 e. The summed E-state index contributed by atoms with van der Waals surface area (Å²) in [5.41, 5.74) is 1.03. The number of nitrogens with one attached hydrogen (secondary N) is 1. The molecule has 124 valence electrons. The standard InChI is InChI=1S/C16H24FNO4/c1-3-15(22-10-11(19)9-18-2)13-5-4-6-14(17)12(13)7-8-16(20)21/h4-6,11,15,18-19H,3,7-10H2,1-2H3,(H,20,21). The van der Waals surface area contributed by atoms with E-state index >= 15 is 0 Å². The number of carbonyl (C=O) groups is 1. The molecular formula is C16H24FNO4. The van der Waals surface area contributed by atoms with Crippen LogP contribution in [0.3, 0.4) is 0 Å². The summed E-state index contributed by atoms with van der Waals surface area (Å²) in [5, 5.41) is 21.3. The number of aliphatic hydroxyl groups is 1. The van der Waals surface area contributed by atoms with E-state index in [-0.39, 0.29) is 25.6 Å². The molecule has 0 saturated heterocycles. The summed E-state index contributed by atoms with van der Waals surface area (Å²) in [7, 11) is 1.73. The molecule has 22 heavy (non-hydrogen) atoms. The number of hydrogen-bond acceptors (Lipinski definition) is 4. The quantitative estimate of drug-likeness (QED) is 0.615. The van der Waals surface area contributed by atoms with E-state index in [4.69, 9.17) is 9.84 Å². The lowest BCUT2D eigenvalue weighted by atomic mass is 9.96. The van der Waals surface area contributed by atoms with E-state index in [0.29, 0.717) is 24.1 Å². The zero-order valence-corrected chi connectivity index (χ0v) is 13.0. The van der Waals surface area contributed by atoms with Gasteiger partial charge in [0.2, 0.25) is 0 Å². The Kier molecular flexibility index (Phi) is 8.01. The van der Waals surface area contributed by atoms with Crippen molar-refractivity contribution in [3.05, 3.63) is 35.1 Å². The Hall–Kier alpha value is -1.50. The first-order chi connectivity index (χ1) is 10.5. The number of carboxylic acid groups (broad SMARTS) is 1. The van der Waals surface area contributed by atoms with Crippen molar-refractivity contribution < 1.29 is 24.1 Å². The molecular weight excluding hydrogens is 289 g/mol. The molecule has 6 heteroatoms. The Labute approximate surface area is 130 Å². The van der Waals surface area contributed by atoms with Crippen LogP contribution >= 0.6 is 0 Å². The summed E-state index contributed by atoms with van der Waals surface area (Å²) in [6, 6.07) is 4.66. The summed E-state index contributed by atoms with van der Waals surface area (Å²) < 4.78 is 19.7. The largest absolute Gasteiger partial charge is 0.481 e. The topological polar surface area (TPSA) is 78.8 Å². The first-order valence-electron chi connectivity index (χ1n) is 7.42. The van der Waals surface area contributed by atoms with Gasteiger partial charge >= 0.3 is 5.97 Å². The van der Waals surface area contributed by atoms with E-state index in [0.717, 1.165) is 0 Å². The second kappa shape index (κ2) is 9.50. The van der Waals surface area contributed by atoms with Crippen LogP contribution in [0.4, 0.5) is 4.39 Å². The van der Waals surface area contributed by atoms with Crippen LogP contribution in [0.15, 0.2) is 18.2 Å². The number of aliphatic hydroxyl groups excluding tert-OH is 1. The highest BCUT2D eigenvalue weighted by atomic mass is 19.1. The molecule has 0 fully saturated rings. The Morgan fingerprint density at radius 3 is 2.77 bits per heavy atom. The van der Waals surface area contributed by atoms with Crippen molar-refractivity contribution in [2.24, 2.45) is 0 Å². The zero-order chi connectivity index (χ0) is 16.5. The van der Waals surface area contributed by atoms with Gasteiger partial charge in [0.25, 0.3) is 0 Å². The van der Waals surface area contributed by atoms with Crippen molar-refractivity contribution in [1.29, 1.82) is 0 Å². The predicted octanol–water partition coefficient (Wildman–Crippen LogP) is 1.89. The molecule has 0 saturated carbocycles. The molecule has 0 aliphatic rings. The van der Waals surface area contributed by atoms with Crippen molar-refractivity contribution in [2.45, 2.75) is 38.4 Å². The molecule has 0 aromatic heterocycles. The molecule has 1 aromatic rings. The average Bonchev–Trinajstić information content (AvgIpc) is 2.47. The van der Waals surface area contributed by atoms with E-state index < -0.39 is 17.9 Å². The molecule has 0 amide bonds. The Morgan fingerprint density at radius 1 is 1.45 bits per heavy atom. The number of likely N-dealkylation sites (N-methyl/N-ethyl adjacent to an activating group) is 1. The number of hydrogen-bond donors (Lipinski definition) is 3. The normalized spacial score (nSPS) is 13.8. The molecule has 0 aliphatic carbocycles. The molecule has 1 aromatic carbocycles. The molecule has 0 spiro atoms. The third-order valence-electron chi connectivity index (χ3n) is 3.39. The number of aliphatic carboxylic acids is 1. The van der Waals surface area contributed by atoms with Crippen molar-refractivity contribution in [3.8, 4) is 0 Å². The highest BCUT2D eigenvalue weighted by molar-refractivity contribution is 5.67. The van der Waals surface area contributed by atoms with E-state index in [9.17, 15) is 14.3 Å². The van der Waals surface area contributed by atoms with Gasteiger partial charge in [0.15, 0.2) is 0 Å². The fraction of sp³-hybridized carbons (Fsp3) is 0.562. The summed E-state index contributed by atoms with van der Waals surface area (Å²) in [4.78, 5) is 10.7. The minimum Gasteiger partial charge on any atom is -0.481 e. The summed E-state index contributed by atoms with van der Waals surface area (Å²) in [6.07, 6.45) is -0.417. The van der Waals surface area contributed by atoms with Crippen molar-refractivity contribution in [1.82, 2.24) is 5.32 Å². The molecule has 3 N–H and O–H groups in total. The van der Waals surface area contributed by atoms with Crippen molar-refractivity contribution in [2.75, 3.05) is 20.2 Å². The highest BCUT2D eigenvalue weighted by Crippen LogP contribution is 2.27. The molecule has 5 nitrogen and oxygen atoms in total. The van der Waals surface area contributed by atoms with Gasteiger partial charge in [-0.1, -0.05) is 19.1 Å². The third-order valence-corrected chi connectivity index (χ3v) is 3.39. The van der Waals surface area contributed by atoms with E-state index in [2.05, 4.69) is 5.32 Å². The maximum Gasteiger partial charge on any atom is 0.303 e. The van der Waals surface area contributed by atoms with Gasteiger partial charge in [-0.15, -0.1) is 0 Å². The van der Waals surface area contributed by atoms with Gasteiger partial charge in [0, 0.05) is 13.0 Å². The number of carboxylic acids is 1. The highest BCUT2D eigenvalue weighted by Gasteiger charge is 2.19. The van der Waals surface area contributed by atoms with Gasteiger partial charge in [0.05, 0.1) is 18.8 Å². The van der Waals surface area contributed by atoms with Crippen LogP contribution < -0.4 is 5.32 Å². The second-order valence-electron chi connectivity index (χ2n) is 5.14. The zero-order valence-electron chi connectivity index (χ0n) is 13.0. The van der Waals surface area contributed by atoms with Gasteiger partial charge in [-0.2, -0.15) is 0 Å². The lowest BCUT2D eigenvalue weighted by Crippen LogP contribution is -2.28. The minimum atomic E-state index is -0.965. The molecule has 0 bridgehead atoms. The lowest BCUT2D eigenvalue weighted by Gasteiger charge is -2.22. The maximum atomic E-state index is 14.0. The third kappa shape index (κ3) is 5.71. The number of halogens is 1. The molecule has 2 atom stereocenters. The minimum absolute atomic E-state index is 0.121. The van der Waals surface area contributed by atoms with Crippen molar-refractivity contribution >= 4 is 5.97 Å². The SMILES string of the molecule is CCC(OCC(O)CNC)c1cccc(F)c1CCC(=O)O. The predicted molar refractivity (Wildman–Crippen MR) is 81.3 cm³/mol. The van der Waals surface area contributed by atoms with Gasteiger partial charge in [0.1, 0.15) is 5.82 Å². The molecule has 0 aliphatic heterocycles. The van der Waals surface area contributed by atoms with E-state index in [1.165, 1.54) is 6.07 Å². The monoisotopic (exact) mass is 313 g/mol. The second-order valence-corrected chi connectivity index (χ2v) is 5.14. The number of ether oxygens (including phenoxy) is 1. The van der Waals surface area contributed by atoms with E-state index in [1.807, 2.05) is 6.92 Å². The Morgan fingerprint density at radius 2 is 2.18 bits per heavy atom. The first-order valence-corrected chi connectivity index (χ1v) is 7.42. The van der Waals surface area contributed by atoms with Crippen LogP contribution in [-0.4, -0.2) is 42.5 Å². The van der Waals surface area contributed by atoms with Crippen LogP contribution in [0, 0.1) is 5.82 Å². The fourth-order valence-corrected chi connectivity index (χ4v) is 2.32. The Bertz CT molecular complexity index is 481. The van der Waals surface area contributed by atoms with E-state index in [1.54, 1.807) is 19.2 Å². The molecule has 0 radical (unpaired) electrons. The van der Waals surface area contributed by atoms with Crippen LogP contribution in [-0.2, 0) is 16.0 Å². The molecule has 0 heterocycles. The van der Waals surface area contributed by atoms with Crippen molar-refractivity contribution in [3.63, 3.8) is 0 Å². The maximum absolute atomic E-state index is 14.0. The van der Waals surface area contributed by atoms with Crippen LogP contribution in [0.25, 0.3) is 0 Å². The molecule has 2 unspecified atom stereocenters. The van der Waals surface area contributed by atoms with Gasteiger partial charge in [-0.25, -0.2) is 4.39 Å². The molecule has 1 rings (SSSR count). The fourth-order valence-electron chi connectivity index (χ4n) is 2.32. The Balaban J connectivity index is 2.86. The van der Waals surface area contributed by atoms with Crippen LogP contribution in [0.5, 0.6) is 0 Å². The number of rotatable bonds is 10. The van der Waals surface area contributed by atoms with Gasteiger partial charge in [-0.3, -0.25) is 4.79 Å². The van der Waals surface area contributed by atoms with Gasteiger partial charge < -0.3 is 20.3 Å². The average molecular weight is 313 g/mol. The first kappa shape index (κ1) is 18.5. The number of benzene rings is 1. The summed E-state index contributed by atoms with van der Waals surface area (Å²) >= 11 is 0. The summed E-state index contributed by atoms with van der Waals surface area (Å²) in [6.45, 7) is 2.45. The van der Waals surface area contributed by atoms with Gasteiger partial charge in [-0.05, 0) is 37.1 Å². The lowest BCUT2D eigenvalue weighted by molar-refractivity contribution is -0.136. The van der Waals surface area contributed by atoms with Crippen LogP contribution in [0.2, 0.25) is 0 Å². The summed E-state index contributed by atoms with van der Waals surface area (Å²) in [5.74, 6) is -1.39.